The summed E-state index contributed by atoms with van der Waals surface area (Å²) in [5, 5.41) is 3.62. The van der Waals surface area contributed by atoms with E-state index in [0.29, 0.717) is 17.5 Å². The zero-order chi connectivity index (χ0) is 16.0. The maximum absolute atomic E-state index is 3.62. The van der Waals surface area contributed by atoms with Crippen LogP contribution in [0.5, 0.6) is 0 Å². The topological polar surface area (TPSA) is 15.3 Å². The van der Waals surface area contributed by atoms with E-state index in [1.807, 2.05) is 0 Å². The van der Waals surface area contributed by atoms with Gasteiger partial charge in [-0.25, -0.2) is 0 Å². The van der Waals surface area contributed by atoms with Gasteiger partial charge in [-0.15, -0.1) is 0 Å². The van der Waals surface area contributed by atoms with Crippen molar-refractivity contribution in [2.75, 3.05) is 13.6 Å². The summed E-state index contributed by atoms with van der Waals surface area (Å²) >= 11 is 0. The van der Waals surface area contributed by atoms with Crippen molar-refractivity contribution < 1.29 is 0 Å². The molecule has 21 heavy (non-hydrogen) atoms. The zero-order valence-electron chi connectivity index (χ0n) is 15.7. The fraction of sp³-hybridized carbons (Fsp3) is 1.00. The summed E-state index contributed by atoms with van der Waals surface area (Å²) in [4.78, 5) is 2.82. The number of rotatable bonds is 7. The molecule has 0 spiro atoms. The molecule has 126 valence electrons. The average Bonchev–Trinajstić information content (AvgIpc) is 2.46. The van der Waals surface area contributed by atoms with E-state index in [-0.39, 0.29) is 0 Å². The van der Waals surface area contributed by atoms with E-state index in [4.69, 9.17) is 0 Å². The van der Waals surface area contributed by atoms with Gasteiger partial charge < -0.3 is 5.32 Å². The lowest BCUT2D eigenvalue weighted by atomic mass is 9.69. The highest BCUT2D eigenvalue weighted by atomic mass is 15.2. The van der Waals surface area contributed by atoms with Crippen LogP contribution in [0, 0.1) is 11.3 Å². The van der Waals surface area contributed by atoms with Crippen LogP contribution < -0.4 is 5.32 Å². The quantitative estimate of drug-likeness (QED) is 0.733. The molecular formula is C19H40N2. The van der Waals surface area contributed by atoms with E-state index in [1.54, 1.807) is 0 Å². The Balaban J connectivity index is 2.87. The molecule has 2 heteroatoms. The number of hydrogen-bond acceptors (Lipinski definition) is 2. The third-order valence-corrected chi connectivity index (χ3v) is 5.76. The molecule has 4 unspecified atom stereocenters. The van der Waals surface area contributed by atoms with Gasteiger partial charge >= 0.3 is 0 Å². The van der Waals surface area contributed by atoms with Crippen LogP contribution in [-0.4, -0.2) is 36.6 Å². The van der Waals surface area contributed by atoms with Gasteiger partial charge in [0.25, 0.3) is 0 Å². The van der Waals surface area contributed by atoms with Crippen molar-refractivity contribution in [2.45, 2.75) is 98.2 Å². The Labute approximate surface area is 134 Å². The smallest absolute Gasteiger partial charge is 0.0254 e. The lowest BCUT2D eigenvalue weighted by Gasteiger charge is -2.48. The van der Waals surface area contributed by atoms with Crippen molar-refractivity contribution in [1.82, 2.24) is 10.2 Å². The van der Waals surface area contributed by atoms with E-state index >= 15 is 0 Å². The van der Waals surface area contributed by atoms with Gasteiger partial charge in [-0.05, 0) is 64.0 Å². The molecule has 0 aliphatic heterocycles. The Hall–Kier alpha value is -0.0800. The summed E-state index contributed by atoms with van der Waals surface area (Å²) in [5.74, 6) is 0.861. The minimum Gasteiger partial charge on any atom is -0.315 e. The van der Waals surface area contributed by atoms with Crippen LogP contribution in [0.15, 0.2) is 0 Å². The number of unbranched alkanes of at least 4 members (excludes halogenated alkanes) is 1. The molecule has 0 aromatic carbocycles. The molecule has 0 amide bonds. The molecular weight excluding hydrogens is 256 g/mol. The van der Waals surface area contributed by atoms with Crippen LogP contribution in [0.2, 0.25) is 0 Å². The Morgan fingerprint density at radius 1 is 1.19 bits per heavy atom. The van der Waals surface area contributed by atoms with Gasteiger partial charge in [0.15, 0.2) is 0 Å². The second-order valence-electron chi connectivity index (χ2n) is 8.19. The minimum absolute atomic E-state index is 0.447. The highest BCUT2D eigenvalue weighted by molar-refractivity contribution is 4.94. The highest BCUT2D eigenvalue weighted by Gasteiger charge is 2.38. The van der Waals surface area contributed by atoms with Gasteiger partial charge in [-0.1, -0.05) is 41.0 Å². The minimum atomic E-state index is 0.447. The molecule has 0 aromatic heterocycles. The first-order valence-electron chi connectivity index (χ1n) is 9.28. The first kappa shape index (κ1) is 19.0. The molecule has 2 nitrogen and oxygen atoms in total. The molecule has 0 saturated heterocycles. The Kier molecular flexibility index (Phi) is 7.70. The van der Waals surface area contributed by atoms with Gasteiger partial charge in [-0.2, -0.15) is 0 Å². The van der Waals surface area contributed by atoms with Crippen molar-refractivity contribution in [2.24, 2.45) is 11.3 Å². The molecule has 0 heterocycles. The fourth-order valence-corrected chi connectivity index (χ4v) is 3.92. The van der Waals surface area contributed by atoms with Crippen molar-refractivity contribution in [3.8, 4) is 0 Å². The maximum atomic E-state index is 3.62. The number of hydrogen-bond donors (Lipinski definition) is 1. The molecule has 0 aromatic rings. The summed E-state index contributed by atoms with van der Waals surface area (Å²) < 4.78 is 0. The third kappa shape index (κ3) is 5.25. The van der Waals surface area contributed by atoms with Crippen LogP contribution in [0.25, 0.3) is 0 Å². The van der Waals surface area contributed by atoms with Crippen LogP contribution in [0.4, 0.5) is 0 Å². The van der Waals surface area contributed by atoms with Crippen molar-refractivity contribution >= 4 is 0 Å². The molecule has 1 rings (SSSR count). The van der Waals surface area contributed by atoms with E-state index in [2.05, 4.69) is 58.8 Å². The first-order valence-corrected chi connectivity index (χ1v) is 9.28. The van der Waals surface area contributed by atoms with Crippen molar-refractivity contribution in [3.63, 3.8) is 0 Å². The predicted molar refractivity (Wildman–Crippen MR) is 94.8 cm³/mol. The lowest BCUT2D eigenvalue weighted by Crippen LogP contribution is -2.56. The van der Waals surface area contributed by atoms with Gasteiger partial charge in [0, 0.05) is 18.1 Å². The molecule has 1 aliphatic rings. The van der Waals surface area contributed by atoms with Crippen molar-refractivity contribution in [3.05, 3.63) is 0 Å². The number of nitrogens with one attached hydrogen (secondary N) is 1. The SMILES string of the molecule is CCCCN(C(C)CC)C1CC(C(C)(C)C)CCC1NC. The van der Waals surface area contributed by atoms with E-state index in [1.165, 1.54) is 45.1 Å². The van der Waals surface area contributed by atoms with Gasteiger partial charge in [0.1, 0.15) is 0 Å². The summed E-state index contributed by atoms with van der Waals surface area (Å²) in [6.45, 7) is 15.6. The average molecular weight is 297 g/mol. The molecule has 1 fully saturated rings. The Morgan fingerprint density at radius 2 is 1.86 bits per heavy atom. The number of likely N-dealkylation sites (N-methyl/N-ethyl adjacent to an activating group) is 1. The van der Waals surface area contributed by atoms with Gasteiger partial charge in [0.05, 0.1) is 0 Å². The van der Waals surface area contributed by atoms with Crippen LogP contribution in [0.3, 0.4) is 0 Å². The summed E-state index contributed by atoms with van der Waals surface area (Å²) in [6.07, 6.45) is 7.97. The van der Waals surface area contributed by atoms with Crippen molar-refractivity contribution in [1.29, 1.82) is 0 Å². The molecule has 0 radical (unpaired) electrons. The first-order chi connectivity index (χ1) is 9.85. The molecule has 1 N–H and O–H groups in total. The second kappa shape index (κ2) is 8.53. The number of nitrogens with zero attached hydrogens (tertiary/aromatic N) is 1. The molecule has 1 aliphatic carbocycles. The normalized spacial score (nSPS) is 28.9. The largest absolute Gasteiger partial charge is 0.315 e. The molecule has 1 saturated carbocycles. The summed E-state index contributed by atoms with van der Waals surface area (Å²) in [6, 6.07) is 2.10. The van der Waals surface area contributed by atoms with Gasteiger partial charge in [-0.3, -0.25) is 4.90 Å². The summed E-state index contributed by atoms with van der Waals surface area (Å²) in [7, 11) is 2.16. The van der Waals surface area contributed by atoms with Crippen LogP contribution >= 0.6 is 0 Å². The Bertz CT molecular complexity index is 282. The third-order valence-electron chi connectivity index (χ3n) is 5.76. The molecule has 4 atom stereocenters. The standard InChI is InChI=1S/C19H40N2/c1-8-10-13-21(15(3)9-2)18-14-16(19(4,5)6)11-12-17(18)20-7/h15-18,20H,8-14H2,1-7H3. The zero-order valence-corrected chi connectivity index (χ0v) is 15.7. The second-order valence-corrected chi connectivity index (χ2v) is 8.19. The molecule has 0 bridgehead atoms. The lowest BCUT2D eigenvalue weighted by molar-refractivity contribution is 0.0365. The van der Waals surface area contributed by atoms with E-state index < -0.39 is 0 Å². The van der Waals surface area contributed by atoms with Crippen LogP contribution in [0.1, 0.15) is 80.1 Å². The van der Waals surface area contributed by atoms with Crippen LogP contribution in [-0.2, 0) is 0 Å². The summed E-state index contributed by atoms with van der Waals surface area (Å²) in [5.41, 5.74) is 0.447. The monoisotopic (exact) mass is 296 g/mol. The van der Waals surface area contributed by atoms with E-state index in [0.717, 1.165) is 12.0 Å². The Morgan fingerprint density at radius 3 is 2.33 bits per heavy atom. The van der Waals surface area contributed by atoms with Gasteiger partial charge in [0.2, 0.25) is 0 Å². The van der Waals surface area contributed by atoms with E-state index in [9.17, 15) is 0 Å². The maximum Gasteiger partial charge on any atom is 0.0254 e. The highest BCUT2D eigenvalue weighted by Crippen LogP contribution is 2.40. The predicted octanol–water partition coefficient (Wildman–Crippen LogP) is 4.69. The fourth-order valence-electron chi connectivity index (χ4n) is 3.92.